The maximum absolute atomic E-state index is 12.3. The fourth-order valence-corrected chi connectivity index (χ4v) is 3.03. The van der Waals surface area contributed by atoms with Gasteiger partial charge < -0.3 is 15.5 Å². The Hall–Kier alpha value is -3.15. The van der Waals surface area contributed by atoms with Crippen molar-refractivity contribution >= 4 is 29.1 Å². The van der Waals surface area contributed by atoms with E-state index in [4.69, 9.17) is 0 Å². The van der Waals surface area contributed by atoms with Gasteiger partial charge in [-0.3, -0.25) is 14.4 Å². The van der Waals surface area contributed by atoms with Crippen molar-refractivity contribution in [2.45, 2.75) is 32.7 Å². The summed E-state index contributed by atoms with van der Waals surface area (Å²) in [5.74, 6) is -0.468. The molecule has 6 nitrogen and oxygen atoms in total. The van der Waals surface area contributed by atoms with Gasteiger partial charge in [0, 0.05) is 29.9 Å². The van der Waals surface area contributed by atoms with E-state index in [0.29, 0.717) is 17.7 Å². The van der Waals surface area contributed by atoms with Gasteiger partial charge in [0.15, 0.2) is 0 Å². The summed E-state index contributed by atoms with van der Waals surface area (Å²) in [6.07, 6.45) is 1.45. The number of rotatable bonds is 5. The van der Waals surface area contributed by atoms with Crippen LogP contribution >= 0.6 is 0 Å². The maximum Gasteiger partial charge on any atom is 0.251 e. The first kappa shape index (κ1) is 18.6. The minimum atomic E-state index is -0.683. The Morgan fingerprint density at radius 3 is 2.48 bits per heavy atom. The Kier molecular flexibility index (Phi) is 5.54. The van der Waals surface area contributed by atoms with E-state index in [0.717, 1.165) is 24.2 Å². The number of benzene rings is 2. The van der Waals surface area contributed by atoms with Gasteiger partial charge in [-0.05, 0) is 56.7 Å². The van der Waals surface area contributed by atoms with E-state index in [1.165, 1.54) is 0 Å². The van der Waals surface area contributed by atoms with Crippen LogP contribution in [0.3, 0.4) is 0 Å². The summed E-state index contributed by atoms with van der Waals surface area (Å²) in [6, 6.07) is 13.7. The van der Waals surface area contributed by atoms with E-state index < -0.39 is 6.04 Å². The average Bonchev–Trinajstić information content (AvgIpc) is 3.08. The molecule has 0 aromatic heterocycles. The van der Waals surface area contributed by atoms with Crippen LogP contribution in [0.25, 0.3) is 0 Å². The predicted molar refractivity (Wildman–Crippen MR) is 105 cm³/mol. The van der Waals surface area contributed by atoms with Crippen molar-refractivity contribution in [3.8, 4) is 0 Å². The second-order valence-corrected chi connectivity index (χ2v) is 6.75. The van der Waals surface area contributed by atoms with E-state index in [1.54, 1.807) is 36.1 Å². The maximum atomic E-state index is 12.3. The Balaban J connectivity index is 1.57. The van der Waals surface area contributed by atoms with Crippen LogP contribution in [0.5, 0.6) is 0 Å². The number of anilines is 2. The zero-order valence-electron chi connectivity index (χ0n) is 15.5. The van der Waals surface area contributed by atoms with Crippen molar-refractivity contribution in [3.63, 3.8) is 0 Å². The lowest BCUT2D eigenvalue weighted by molar-refractivity contribution is -0.118. The van der Waals surface area contributed by atoms with E-state index >= 15 is 0 Å². The fraction of sp³-hybridized carbons (Fsp3) is 0.286. The summed E-state index contributed by atoms with van der Waals surface area (Å²) in [5, 5.41) is 5.48. The summed E-state index contributed by atoms with van der Waals surface area (Å²) in [6.45, 7) is 4.28. The number of nitrogens with one attached hydrogen (secondary N) is 2. The molecule has 140 valence electrons. The molecule has 0 aliphatic carbocycles. The van der Waals surface area contributed by atoms with Crippen LogP contribution in [0.2, 0.25) is 0 Å². The highest BCUT2D eigenvalue weighted by atomic mass is 16.2. The van der Waals surface area contributed by atoms with Crippen molar-refractivity contribution in [2.75, 3.05) is 16.8 Å². The lowest BCUT2D eigenvalue weighted by atomic mass is 10.1. The van der Waals surface area contributed by atoms with Gasteiger partial charge in [-0.2, -0.15) is 0 Å². The molecule has 1 atom stereocenters. The highest BCUT2D eigenvalue weighted by Gasteiger charge is 2.22. The molecule has 0 bridgehead atoms. The molecule has 3 rings (SSSR count). The largest absolute Gasteiger partial charge is 0.341 e. The molecular formula is C21H23N3O3. The number of aryl methyl sites for hydroxylation is 1. The van der Waals surface area contributed by atoms with Crippen LogP contribution in [-0.4, -0.2) is 30.3 Å². The summed E-state index contributed by atoms with van der Waals surface area (Å²) >= 11 is 0. The van der Waals surface area contributed by atoms with Gasteiger partial charge >= 0.3 is 0 Å². The number of carbonyl (C=O) groups excluding carboxylic acids is 3. The molecule has 1 aliphatic rings. The predicted octanol–water partition coefficient (Wildman–Crippen LogP) is 2.88. The Morgan fingerprint density at radius 1 is 1.11 bits per heavy atom. The molecule has 2 N–H and O–H groups in total. The number of amides is 3. The SMILES string of the molecule is Cc1cccc(C(=O)NC(C)C(=O)Nc2ccc(N3CCCC3=O)cc2)c1. The van der Waals surface area contributed by atoms with E-state index in [2.05, 4.69) is 10.6 Å². The number of nitrogens with zero attached hydrogens (tertiary/aromatic N) is 1. The standard InChI is InChI=1S/C21H23N3O3/c1-14-5-3-6-16(13-14)21(27)22-15(2)20(26)23-17-8-10-18(11-9-17)24-12-4-7-19(24)25/h3,5-6,8-11,13,15H,4,7,12H2,1-2H3,(H,22,27)(H,23,26). The molecule has 1 fully saturated rings. The zero-order chi connectivity index (χ0) is 19.4. The quantitative estimate of drug-likeness (QED) is 0.855. The smallest absolute Gasteiger partial charge is 0.251 e. The molecule has 1 saturated heterocycles. The number of hydrogen-bond acceptors (Lipinski definition) is 3. The van der Waals surface area contributed by atoms with E-state index in [1.807, 2.05) is 31.2 Å². The average molecular weight is 365 g/mol. The van der Waals surface area contributed by atoms with Crippen LogP contribution in [-0.2, 0) is 9.59 Å². The molecule has 3 amide bonds. The molecule has 0 saturated carbocycles. The van der Waals surface area contributed by atoms with Crippen molar-refractivity contribution < 1.29 is 14.4 Å². The number of hydrogen-bond donors (Lipinski definition) is 2. The molecule has 6 heteroatoms. The van der Waals surface area contributed by atoms with E-state index in [-0.39, 0.29) is 17.7 Å². The molecule has 1 unspecified atom stereocenters. The van der Waals surface area contributed by atoms with Gasteiger partial charge in [0.25, 0.3) is 5.91 Å². The van der Waals surface area contributed by atoms with Crippen LogP contribution < -0.4 is 15.5 Å². The molecular weight excluding hydrogens is 342 g/mol. The van der Waals surface area contributed by atoms with Crippen molar-refractivity contribution in [3.05, 3.63) is 59.7 Å². The minimum absolute atomic E-state index is 0.124. The van der Waals surface area contributed by atoms with Gasteiger partial charge in [-0.25, -0.2) is 0 Å². The highest BCUT2D eigenvalue weighted by molar-refractivity contribution is 6.01. The van der Waals surface area contributed by atoms with Crippen LogP contribution in [0, 0.1) is 6.92 Å². The molecule has 1 aliphatic heterocycles. The zero-order valence-corrected chi connectivity index (χ0v) is 15.5. The van der Waals surface area contributed by atoms with Crippen LogP contribution in [0.4, 0.5) is 11.4 Å². The summed E-state index contributed by atoms with van der Waals surface area (Å²) in [5.41, 5.74) is 2.95. The third-order valence-electron chi connectivity index (χ3n) is 4.54. The number of carbonyl (C=O) groups is 3. The van der Waals surface area contributed by atoms with Crippen LogP contribution in [0.1, 0.15) is 35.7 Å². The molecule has 2 aromatic rings. The third kappa shape index (κ3) is 4.53. The lowest BCUT2D eigenvalue weighted by Crippen LogP contribution is -2.41. The van der Waals surface area contributed by atoms with Crippen molar-refractivity contribution in [2.24, 2.45) is 0 Å². The van der Waals surface area contributed by atoms with Gasteiger partial charge in [0.2, 0.25) is 11.8 Å². The summed E-state index contributed by atoms with van der Waals surface area (Å²) in [4.78, 5) is 38.1. The molecule has 0 spiro atoms. The first-order valence-corrected chi connectivity index (χ1v) is 9.03. The van der Waals surface area contributed by atoms with Gasteiger partial charge in [0.1, 0.15) is 6.04 Å². The lowest BCUT2D eigenvalue weighted by Gasteiger charge is -2.17. The normalized spacial score (nSPS) is 14.7. The van der Waals surface area contributed by atoms with Gasteiger partial charge in [0.05, 0.1) is 0 Å². The van der Waals surface area contributed by atoms with Gasteiger partial charge in [-0.15, -0.1) is 0 Å². The summed E-state index contributed by atoms with van der Waals surface area (Å²) < 4.78 is 0. The minimum Gasteiger partial charge on any atom is -0.341 e. The Labute approximate surface area is 158 Å². The second kappa shape index (κ2) is 8.03. The van der Waals surface area contributed by atoms with E-state index in [9.17, 15) is 14.4 Å². The van der Waals surface area contributed by atoms with Crippen LogP contribution in [0.15, 0.2) is 48.5 Å². The third-order valence-corrected chi connectivity index (χ3v) is 4.54. The van der Waals surface area contributed by atoms with Gasteiger partial charge in [-0.1, -0.05) is 17.7 Å². The van der Waals surface area contributed by atoms with Crippen molar-refractivity contribution in [1.29, 1.82) is 0 Å². The first-order chi connectivity index (χ1) is 12.9. The Morgan fingerprint density at radius 2 is 1.85 bits per heavy atom. The second-order valence-electron chi connectivity index (χ2n) is 6.75. The molecule has 2 aromatic carbocycles. The Bertz CT molecular complexity index is 861. The van der Waals surface area contributed by atoms with Crippen molar-refractivity contribution in [1.82, 2.24) is 5.32 Å². The topological polar surface area (TPSA) is 78.5 Å². The molecule has 0 radical (unpaired) electrons. The fourth-order valence-electron chi connectivity index (χ4n) is 3.03. The summed E-state index contributed by atoms with van der Waals surface area (Å²) in [7, 11) is 0. The monoisotopic (exact) mass is 365 g/mol. The highest BCUT2D eigenvalue weighted by Crippen LogP contribution is 2.23. The molecule has 1 heterocycles. The first-order valence-electron chi connectivity index (χ1n) is 9.03. The molecule has 27 heavy (non-hydrogen) atoms.